The number of hydrogen-bond donors (Lipinski definition) is 1. The van der Waals surface area contributed by atoms with E-state index in [0.29, 0.717) is 38.1 Å². The summed E-state index contributed by atoms with van der Waals surface area (Å²) < 4.78 is 6.54. The van der Waals surface area contributed by atoms with Crippen LogP contribution in [-0.2, 0) is 22.6 Å². The molecule has 1 fully saturated rings. The van der Waals surface area contributed by atoms with Gasteiger partial charge in [-0.15, -0.1) is 0 Å². The third-order valence-corrected chi connectivity index (χ3v) is 6.99. The maximum atomic E-state index is 13.2. The first kappa shape index (κ1) is 25.4. The summed E-state index contributed by atoms with van der Waals surface area (Å²) in [6, 6.07) is 18.1. The molecular formula is C26H19BrCl2N2O3S. The largest absolute Gasteiger partial charge is 0.488 e. The van der Waals surface area contributed by atoms with E-state index in [-0.39, 0.29) is 10.7 Å². The van der Waals surface area contributed by atoms with Crippen LogP contribution in [0.4, 0.5) is 5.69 Å². The van der Waals surface area contributed by atoms with Crippen molar-refractivity contribution < 1.29 is 14.3 Å². The van der Waals surface area contributed by atoms with Crippen LogP contribution in [0.15, 0.2) is 70.7 Å². The molecule has 0 unspecified atom stereocenters. The van der Waals surface area contributed by atoms with Crippen LogP contribution in [0, 0.1) is 0 Å². The Morgan fingerprint density at radius 3 is 2.37 bits per heavy atom. The van der Waals surface area contributed by atoms with E-state index in [1.807, 2.05) is 30.3 Å². The highest BCUT2D eigenvalue weighted by Gasteiger charge is 2.34. The molecule has 178 valence electrons. The van der Waals surface area contributed by atoms with Gasteiger partial charge in [-0.2, -0.15) is 0 Å². The number of anilines is 1. The van der Waals surface area contributed by atoms with Crippen molar-refractivity contribution in [2.75, 3.05) is 4.90 Å². The normalized spacial score (nSPS) is 14.9. The molecule has 0 radical (unpaired) electrons. The SMILES string of the molecule is CCc1ccc(N2C(=O)/C(=C/c3ccc(OCc4ccc(Cl)c(Cl)c4)c(Br)c3)C(=O)NC2=S)cc1. The number of rotatable bonds is 6. The van der Waals surface area contributed by atoms with Crippen molar-refractivity contribution >= 4 is 80.0 Å². The van der Waals surface area contributed by atoms with Crippen LogP contribution < -0.4 is 15.0 Å². The molecular weight excluding hydrogens is 571 g/mol. The molecule has 1 aliphatic heterocycles. The van der Waals surface area contributed by atoms with Crippen LogP contribution in [0.25, 0.3) is 6.08 Å². The Bertz CT molecular complexity index is 1360. The number of amides is 2. The molecule has 5 nitrogen and oxygen atoms in total. The van der Waals surface area contributed by atoms with Gasteiger partial charge in [0.05, 0.1) is 20.2 Å². The fraction of sp³-hybridized carbons (Fsp3) is 0.115. The van der Waals surface area contributed by atoms with E-state index >= 15 is 0 Å². The lowest BCUT2D eigenvalue weighted by Crippen LogP contribution is -2.54. The highest BCUT2D eigenvalue weighted by atomic mass is 79.9. The summed E-state index contributed by atoms with van der Waals surface area (Å²) in [7, 11) is 0. The number of nitrogens with one attached hydrogen (secondary N) is 1. The second-order valence-corrected chi connectivity index (χ2v) is 9.76. The van der Waals surface area contributed by atoms with Crippen LogP contribution in [0.3, 0.4) is 0 Å². The zero-order valence-corrected chi connectivity index (χ0v) is 22.4. The van der Waals surface area contributed by atoms with Gasteiger partial charge in [0.2, 0.25) is 0 Å². The predicted molar refractivity (Wildman–Crippen MR) is 147 cm³/mol. The molecule has 1 heterocycles. The average Bonchev–Trinajstić information content (AvgIpc) is 2.83. The highest BCUT2D eigenvalue weighted by Crippen LogP contribution is 2.30. The summed E-state index contributed by atoms with van der Waals surface area (Å²) >= 11 is 20.8. The molecule has 0 saturated carbocycles. The van der Waals surface area contributed by atoms with Crippen LogP contribution >= 0.6 is 51.3 Å². The maximum Gasteiger partial charge on any atom is 0.270 e. The molecule has 3 aromatic carbocycles. The van der Waals surface area contributed by atoms with Crippen molar-refractivity contribution in [3.8, 4) is 5.75 Å². The number of aryl methyl sites for hydroxylation is 1. The third kappa shape index (κ3) is 5.76. The second kappa shape index (κ2) is 10.9. The lowest BCUT2D eigenvalue weighted by atomic mass is 10.1. The van der Waals surface area contributed by atoms with Crippen LogP contribution in [0.5, 0.6) is 5.75 Å². The van der Waals surface area contributed by atoms with Crippen LogP contribution in [-0.4, -0.2) is 16.9 Å². The van der Waals surface area contributed by atoms with Gasteiger partial charge in [0, 0.05) is 0 Å². The average molecular weight is 590 g/mol. The Morgan fingerprint density at radius 2 is 1.71 bits per heavy atom. The Balaban J connectivity index is 1.54. The number of nitrogens with zero attached hydrogens (tertiary/aromatic N) is 1. The Labute approximate surface area is 226 Å². The van der Waals surface area contributed by atoms with E-state index in [1.54, 1.807) is 30.3 Å². The van der Waals surface area contributed by atoms with Gasteiger partial charge in [-0.25, -0.2) is 0 Å². The van der Waals surface area contributed by atoms with Gasteiger partial charge < -0.3 is 4.74 Å². The van der Waals surface area contributed by atoms with Crippen LogP contribution in [0.2, 0.25) is 10.0 Å². The number of halogens is 3. The fourth-order valence-corrected chi connectivity index (χ4v) is 4.57. The fourth-order valence-electron chi connectivity index (χ4n) is 3.45. The minimum absolute atomic E-state index is 0.0189. The quantitative estimate of drug-likeness (QED) is 0.197. The van der Waals surface area contributed by atoms with Crippen LogP contribution in [0.1, 0.15) is 23.6 Å². The van der Waals surface area contributed by atoms with Gasteiger partial charge in [0.25, 0.3) is 11.8 Å². The molecule has 0 atom stereocenters. The van der Waals surface area contributed by atoms with Crippen molar-refractivity contribution in [1.82, 2.24) is 5.32 Å². The molecule has 2 amide bonds. The van der Waals surface area contributed by atoms with Gasteiger partial charge in [0.1, 0.15) is 17.9 Å². The van der Waals surface area contributed by atoms with Crippen molar-refractivity contribution in [3.63, 3.8) is 0 Å². The first-order valence-corrected chi connectivity index (χ1v) is 12.6. The molecule has 35 heavy (non-hydrogen) atoms. The third-order valence-electron chi connectivity index (χ3n) is 5.35. The van der Waals surface area contributed by atoms with E-state index in [4.69, 9.17) is 40.2 Å². The summed E-state index contributed by atoms with van der Waals surface area (Å²) in [4.78, 5) is 27.1. The standard InChI is InChI=1S/C26H19BrCl2N2O3S/c1-2-15-3-7-18(8-4-15)31-25(33)19(24(32)30-26(31)35)11-16-6-10-23(20(27)12-16)34-14-17-5-9-21(28)22(29)13-17/h3-13H,2,14H2,1H3,(H,30,32,35)/b19-11+. The summed E-state index contributed by atoms with van der Waals surface area (Å²) in [5, 5.41) is 3.59. The molecule has 0 spiro atoms. The van der Waals surface area contributed by atoms with E-state index in [0.717, 1.165) is 17.5 Å². The molecule has 1 N–H and O–H groups in total. The first-order chi connectivity index (χ1) is 16.8. The Hall–Kier alpha value is -2.71. The molecule has 0 aromatic heterocycles. The molecule has 0 aliphatic carbocycles. The minimum atomic E-state index is -0.544. The Kier molecular flexibility index (Phi) is 7.91. The monoisotopic (exact) mass is 588 g/mol. The van der Waals surface area contributed by atoms with E-state index in [2.05, 4.69) is 28.2 Å². The molecule has 1 aliphatic rings. The molecule has 0 bridgehead atoms. The van der Waals surface area contributed by atoms with Gasteiger partial charge in [-0.3, -0.25) is 19.8 Å². The summed E-state index contributed by atoms with van der Waals surface area (Å²) in [6.07, 6.45) is 2.41. The van der Waals surface area contributed by atoms with Crippen molar-refractivity contribution in [1.29, 1.82) is 0 Å². The second-order valence-electron chi connectivity index (χ2n) is 7.70. The molecule has 9 heteroatoms. The summed E-state index contributed by atoms with van der Waals surface area (Å²) in [5.41, 5.74) is 3.22. The van der Waals surface area contributed by atoms with Gasteiger partial charge in [0.15, 0.2) is 5.11 Å². The zero-order valence-electron chi connectivity index (χ0n) is 18.5. The number of thiocarbonyl (C=S) groups is 1. The van der Waals surface area contributed by atoms with Crippen molar-refractivity contribution in [2.24, 2.45) is 0 Å². The first-order valence-electron chi connectivity index (χ1n) is 10.6. The summed E-state index contributed by atoms with van der Waals surface area (Å²) in [6.45, 7) is 2.34. The Morgan fingerprint density at radius 1 is 1.00 bits per heavy atom. The van der Waals surface area contributed by atoms with E-state index in [1.165, 1.54) is 11.0 Å². The van der Waals surface area contributed by atoms with Crippen molar-refractivity contribution in [3.05, 3.63) is 97.4 Å². The smallest absolute Gasteiger partial charge is 0.270 e. The highest BCUT2D eigenvalue weighted by molar-refractivity contribution is 9.10. The van der Waals surface area contributed by atoms with Gasteiger partial charge >= 0.3 is 0 Å². The molecule has 1 saturated heterocycles. The number of benzene rings is 3. The van der Waals surface area contributed by atoms with Crippen molar-refractivity contribution in [2.45, 2.75) is 20.0 Å². The number of ether oxygens (including phenoxy) is 1. The minimum Gasteiger partial charge on any atom is -0.488 e. The van der Waals surface area contributed by atoms with E-state index < -0.39 is 11.8 Å². The summed E-state index contributed by atoms with van der Waals surface area (Å²) in [5.74, 6) is -0.437. The predicted octanol–water partition coefficient (Wildman–Crippen LogP) is 6.73. The molecule has 4 rings (SSSR count). The lowest BCUT2D eigenvalue weighted by molar-refractivity contribution is -0.122. The number of hydrogen-bond acceptors (Lipinski definition) is 4. The van der Waals surface area contributed by atoms with E-state index in [9.17, 15) is 9.59 Å². The van der Waals surface area contributed by atoms with Gasteiger partial charge in [-0.05, 0) is 93.7 Å². The number of carbonyl (C=O) groups excluding carboxylic acids is 2. The molecule has 3 aromatic rings. The van der Waals surface area contributed by atoms with Gasteiger partial charge in [-0.1, -0.05) is 54.4 Å². The lowest BCUT2D eigenvalue weighted by Gasteiger charge is -2.29. The zero-order chi connectivity index (χ0) is 25.1. The maximum absolute atomic E-state index is 13.2. The number of carbonyl (C=O) groups is 2. The topological polar surface area (TPSA) is 58.6 Å².